The molecule has 136 valence electrons. The van der Waals surface area contributed by atoms with Crippen LogP contribution in [0, 0.1) is 6.92 Å². The molecule has 0 amide bonds. The van der Waals surface area contributed by atoms with Crippen LogP contribution in [0.25, 0.3) is 21.3 Å². The number of aromatic nitrogens is 2. The summed E-state index contributed by atoms with van der Waals surface area (Å²) in [5.74, 6) is 1.39. The molecule has 0 saturated heterocycles. The van der Waals surface area contributed by atoms with Gasteiger partial charge in [-0.15, -0.1) is 11.3 Å². The van der Waals surface area contributed by atoms with Gasteiger partial charge in [-0.3, -0.25) is 4.79 Å². The maximum atomic E-state index is 12.9. The van der Waals surface area contributed by atoms with Gasteiger partial charge >= 0.3 is 0 Å². The van der Waals surface area contributed by atoms with Crippen LogP contribution in [0.2, 0.25) is 5.02 Å². The number of thiophene rings is 1. The fourth-order valence-corrected chi connectivity index (χ4v) is 4.49. The van der Waals surface area contributed by atoms with E-state index in [1.54, 1.807) is 7.11 Å². The summed E-state index contributed by atoms with van der Waals surface area (Å²) >= 11 is 7.58. The van der Waals surface area contributed by atoms with E-state index in [4.69, 9.17) is 21.3 Å². The fraction of sp³-hybridized carbons (Fsp3) is 0.143. The quantitative estimate of drug-likeness (QED) is 0.515. The lowest BCUT2D eigenvalue weighted by molar-refractivity contribution is 0.415. The third-order valence-corrected chi connectivity index (χ3v) is 5.64. The van der Waals surface area contributed by atoms with E-state index in [1.807, 2.05) is 55.5 Å². The first-order valence-corrected chi connectivity index (χ1v) is 9.66. The normalized spacial score (nSPS) is 11.1. The highest BCUT2D eigenvalue weighted by atomic mass is 35.5. The monoisotopic (exact) mass is 396 g/mol. The lowest BCUT2D eigenvalue weighted by Crippen LogP contribution is -2.11. The minimum absolute atomic E-state index is 0.126. The SMILES string of the molecule is COc1cccc(-c2c(C)sc3nc(Cc4cccc(Cl)c4)[nH]c(=O)c23)c1. The minimum Gasteiger partial charge on any atom is -0.497 e. The molecule has 0 spiro atoms. The molecule has 4 aromatic rings. The summed E-state index contributed by atoms with van der Waals surface area (Å²) in [6.07, 6.45) is 0.525. The van der Waals surface area contributed by atoms with Gasteiger partial charge in [0.2, 0.25) is 0 Å². The van der Waals surface area contributed by atoms with Crippen LogP contribution >= 0.6 is 22.9 Å². The van der Waals surface area contributed by atoms with Crippen LogP contribution in [0.3, 0.4) is 0 Å². The number of fused-ring (bicyclic) bond motifs is 1. The molecular weight excluding hydrogens is 380 g/mol. The molecule has 0 aliphatic rings. The molecule has 1 N–H and O–H groups in total. The number of H-pyrrole nitrogens is 1. The Hall–Kier alpha value is -2.63. The number of aryl methyl sites for hydroxylation is 1. The predicted molar refractivity (Wildman–Crippen MR) is 111 cm³/mol. The van der Waals surface area contributed by atoms with Crippen molar-refractivity contribution >= 4 is 33.2 Å². The van der Waals surface area contributed by atoms with E-state index in [0.29, 0.717) is 22.7 Å². The highest BCUT2D eigenvalue weighted by molar-refractivity contribution is 7.19. The Kier molecular flexibility index (Phi) is 4.72. The van der Waals surface area contributed by atoms with E-state index in [0.717, 1.165) is 32.1 Å². The maximum Gasteiger partial charge on any atom is 0.260 e. The van der Waals surface area contributed by atoms with Gasteiger partial charge in [0.15, 0.2) is 0 Å². The van der Waals surface area contributed by atoms with Crippen molar-refractivity contribution < 1.29 is 4.74 Å². The van der Waals surface area contributed by atoms with Gasteiger partial charge in [0.25, 0.3) is 5.56 Å². The number of ether oxygens (including phenoxy) is 1. The van der Waals surface area contributed by atoms with Gasteiger partial charge in [-0.2, -0.15) is 0 Å². The first kappa shape index (κ1) is 17.8. The third kappa shape index (κ3) is 3.48. The molecule has 0 atom stereocenters. The molecule has 0 unspecified atom stereocenters. The Morgan fingerprint density at radius 2 is 2.00 bits per heavy atom. The number of nitrogens with one attached hydrogen (secondary N) is 1. The summed E-state index contributed by atoms with van der Waals surface area (Å²) in [5.41, 5.74) is 2.75. The van der Waals surface area contributed by atoms with E-state index in [-0.39, 0.29) is 5.56 Å². The fourth-order valence-electron chi connectivity index (χ4n) is 3.21. The predicted octanol–water partition coefficient (Wildman–Crippen LogP) is 5.21. The highest BCUT2D eigenvalue weighted by Gasteiger charge is 2.17. The molecule has 0 bridgehead atoms. The zero-order valence-corrected chi connectivity index (χ0v) is 16.4. The minimum atomic E-state index is -0.126. The van der Waals surface area contributed by atoms with Crippen molar-refractivity contribution in [2.24, 2.45) is 0 Å². The van der Waals surface area contributed by atoms with Crippen LogP contribution in [-0.2, 0) is 6.42 Å². The average molecular weight is 397 g/mol. The summed E-state index contributed by atoms with van der Waals surface area (Å²) in [6.45, 7) is 2.01. The molecule has 4 nitrogen and oxygen atoms in total. The van der Waals surface area contributed by atoms with Crippen LogP contribution in [0.1, 0.15) is 16.3 Å². The van der Waals surface area contributed by atoms with Crippen molar-refractivity contribution in [1.82, 2.24) is 9.97 Å². The number of rotatable bonds is 4. The van der Waals surface area contributed by atoms with Crippen LogP contribution in [0.4, 0.5) is 0 Å². The molecule has 0 aliphatic heterocycles. The molecular formula is C21H17ClN2O2S. The second kappa shape index (κ2) is 7.18. The van der Waals surface area contributed by atoms with Gasteiger partial charge in [-0.05, 0) is 42.3 Å². The molecule has 0 aliphatic carbocycles. The Labute approximate surface area is 165 Å². The number of halogens is 1. The van der Waals surface area contributed by atoms with Crippen molar-refractivity contribution in [1.29, 1.82) is 0 Å². The van der Waals surface area contributed by atoms with E-state index < -0.39 is 0 Å². The summed E-state index contributed by atoms with van der Waals surface area (Å²) in [6, 6.07) is 15.3. The lowest BCUT2D eigenvalue weighted by atomic mass is 10.0. The molecule has 2 heterocycles. The van der Waals surface area contributed by atoms with Gasteiger partial charge in [-0.1, -0.05) is 35.9 Å². The molecule has 6 heteroatoms. The van der Waals surface area contributed by atoms with Crippen molar-refractivity contribution in [2.45, 2.75) is 13.3 Å². The second-order valence-electron chi connectivity index (χ2n) is 6.26. The van der Waals surface area contributed by atoms with Crippen molar-refractivity contribution in [2.75, 3.05) is 7.11 Å². The lowest BCUT2D eigenvalue weighted by Gasteiger charge is -2.06. The van der Waals surface area contributed by atoms with E-state index in [1.165, 1.54) is 11.3 Å². The van der Waals surface area contributed by atoms with Gasteiger partial charge in [0.1, 0.15) is 16.4 Å². The van der Waals surface area contributed by atoms with E-state index >= 15 is 0 Å². The number of methoxy groups -OCH3 is 1. The van der Waals surface area contributed by atoms with Gasteiger partial charge in [-0.25, -0.2) is 4.98 Å². The molecule has 0 fully saturated rings. The number of benzene rings is 2. The van der Waals surface area contributed by atoms with Crippen LogP contribution < -0.4 is 10.3 Å². The third-order valence-electron chi connectivity index (χ3n) is 4.41. The number of hydrogen-bond donors (Lipinski definition) is 1. The van der Waals surface area contributed by atoms with Crippen molar-refractivity contribution in [3.8, 4) is 16.9 Å². The topological polar surface area (TPSA) is 55.0 Å². The maximum absolute atomic E-state index is 12.9. The number of hydrogen-bond acceptors (Lipinski definition) is 4. The van der Waals surface area contributed by atoms with Crippen LogP contribution in [-0.4, -0.2) is 17.1 Å². The summed E-state index contributed by atoms with van der Waals surface area (Å²) in [4.78, 5) is 22.3. The average Bonchev–Trinajstić information content (AvgIpc) is 2.98. The van der Waals surface area contributed by atoms with Crippen molar-refractivity contribution in [3.63, 3.8) is 0 Å². The van der Waals surface area contributed by atoms with E-state index in [2.05, 4.69) is 4.98 Å². The summed E-state index contributed by atoms with van der Waals surface area (Å²) in [7, 11) is 1.63. The molecule has 0 saturated carbocycles. The highest BCUT2D eigenvalue weighted by Crippen LogP contribution is 2.36. The number of nitrogens with zero attached hydrogens (tertiary/aromatic N) is 1. The Morgan fingerprint density at radius 3 is 2.78 bits per heavy atom. The molecule has 2 aromatic carbocycles. The smallest absolute Gasteiger partial charge is 0.260 e. The standard InChI is InChI=1S/C21H17ClN2O2S/c1-12-18(14-6-4-8-16(11-14)26-2)19-20(25)23-17(24-21(19)27-12)10-13-5-3-7-15(22)9-13/h3-9,11H,10H2,1-2H3,(H,23,24,25). The van der Waals surface area contributed by atoms with Crippen LogP contribution in [0.15, 0.2) is 53.3 Å². The second-order valence-corrected chi connectivity index (χ2v) is 7.90. The molecule has 4 rings (SSSR count). The first-order chi connectivity index (χ1) is 13.0. The zero-order chi connectivity index (χ0) is 19.0. The van der Waals surface area contributed by atoms with Crippen molar-refractivity contribution in [3.05, 3.63) is 80.2 Å². The number of aromatic amines is 1. The summed E-state index contributed by atoms with van der Waals surface area (Å²) < 4.78 is 5.32. The molecule has 27 heavy (non-hydrogen) atoms. The molecule has 2 aromatic heterocycles. The first-order valence-electron chi connectivity index (χ1n) is 8.46. The van der Waals surface area contributed by atoms with Gasteiger partial charge in [0.05, 0.1) is 12.5 Å². The van der Waals surface area contributed by atoms with E-state index in [9.17, 15) is 4.79 Å². The largest absolute Gasteiger partial charge is 0.497 e. The molecule has 0 radical (unpaired) electrons. The Morgan fingerprint density at radius 1 is 1.19 bits per heavy atom. The Bertz CT molecular complexity index is 1200. The van der Waals surface area contributed by atoms with Gasteiger partial charge < -0.3 is 9.72 Å². The Balaban J connectivity index is 1.82. The van der Waals surface area contributed by atoms with Crippen LogP contribution in [0.5, 0.6) is 5.75 Å². The summed E-state index contributed by atoms with van der Waals surface area (Å²) in [5, 5.41) is 1.30. The van der Waals surface area contributed by atoms with Gasteiger partial charge in [0, 0.05) is 21.9 Å². The zero-order valence-electron chi connectivity index (χ0n) is 14.9.